The summed E-state index contributed by atoms with van der Waals surface area (Å²) in [6, 6.07) is 4.30. The Balaban J connectivity index is 1.34. The lowest BCUT2D eigenvalue weighted by Crippen LogP contribution is -2.47. The summed E-state index contributed by atoms with van der Waals surface area (Å²) in [6.45, 7) is 8.16. The summed E-state index contributed by atoms with van der Waals surface area (Å²) < 4.78 is 7.63. The minimum atomic E-state index is 0.228. The Hall–Kier alpha value is -1.54. The van der Waals surface area contributed by atoms with Gasteiger partial charge in [-0.15, -0.1) is 11.3 Å². The lowest BCUT2D eigenvalue weighted by molar-refractivity contribution is 0.114. The van der Waals surface area contributed by atoms with Gasteiger partial charge in [-0.1, -0.05) is 6.07 Å². The van der Waals surface area contributed by atoms with Crippen molar-refractivity contribution in [3.8, 4) is 0 Å². The molecule has 0 N–H and O–H groups in total. The minimum absolute atomic E-state index is 0.228. The van der Waals surface area contributed by atoms with E-state index in [2.05, 4.69) is 31.5 Å². The monoisotopic (exact) mass is 400 g/mol. The van der Waals surface area contributed by atoms with Crippen molar-refractivity contribution in [3.63, 3.8) is 0 Å². The number of hydrogen-bond acceptors (Lipinski definition) is 6. The average molecular weight is 401 g/mol. The summed E-state index contributed by atoms with van der Waals surface area (Å²) in [7, 11) is 0. The largest absolute Gasteiger partial charge is 0.380 e. The van der Waals surface area contributed by atoms with Crippen LogP contribution in [0, 0.1) is 5.92 Å². The maximum absolute atomic E-state index is 13.2. The van der Waals surface area contributed by atoms with Crippen molar-refractivity contribution in [2.75, 3.05) is 39.4 Å². The average Bonchev–Trinajstić information content (AvgIpc) is 3.06. The van der Waals surface area contributed by atoms with Crippen LogP contribution < -0.4 is 5.56 Å². The van der Waals surface area contributed by atoms with Crippen molar-refractivity contribution in [2.45, 2.75) is 38.4 Å². The molecule has 2 aromatic heterocycles. The van der Waals surface area contributed by atoms with Crippen LogP contribution in [0.2, 0.25) is 0 Å². The molecular formula is C21H28N4O2S. The molecule has 5 rings (SSSR count). The molecule has 3 aliphatic rings. The highest BCUT2D eigenvalue weighted by atomic mass is 32.1. The minimum Gasteiger partial charge on any atom is -0.380 e. The van der Waals surface area contributed by atoms with Crippen molar-refractivity contribution in [2.24, 2.45) is 5.92 Å². The van der Waals surface area contributed by atoms with Gasteiger partial charge in [0.2, 0.25) is 0 Å². The third-order valence-corrected chi connectivity index (χ3v) is 7.07. The molecule has 0 radical (unpaired) electrons. The van der Waals surface area contributed by atoms with Gasteiger partial charge < -0.3 is 9.30 Å². The Kier molecular flexibility index (Phi) is 5.32. The summed E-state index contributed by atoms with van der Waals surface area (Å²) in [5.41, 5.74) is 2.39. The second kappa shape index (κ2) is 8.06. The molecule has 7 heteroatoms. The van der Waals surface area contributed by atoms with Crippen molar-refractivity contribution in [3.05, 3.63) is 50.3 Å². The number of pyridine rings is 1. The summed E-state index contributed by atoms with van der Waals surface area (Å²) >= 11 is 1.73. The third kappa shape index (κ3) is 3.81. The molecule has 5 heterocycles. The zero-order chi connectivity index (χ0) is 18.9. The van der Waals surface area contributed by atoms with Crippen molar-refractivity contribution in [1.82, 2.24) is 19.4 Å². The fraction of sp³-hybridized carbons (Fsp3) is 0.619. The van der Waals surface area contributed by atoms with Gasteiger partial charge in [0.15, 0.2) is 0 Å². The van der Waals surface area contributed by atoms with E-state index < -0.39 is 0 Å². The van der Waals surface area contributed by atoms with E-state index in [1.807, 2.05) is 11.6 Å². The molecule has 0 aromatic carbocycles. The Morgan fingerprint density at radius 2 is 2.07 bits per heavy atom. The Morgan fingerprint density at radius 3 is 2.96 bits per heavy atom. The first-order chi connectivity index (χ1) is 13.8. The second-order valence-corrected chi connectivity index (χ2v) is 9.34. The number of likely N-dealkylation sites (tertiary alicyclic amines) is 1. The summed E-state index contributed by atoms with van der Waals surface area (Å²) in [5, 5.41) is 3.24. The second-order valence-electron chi connectivity index (χ2n) is 8.36. The highest BCUT2D eigenvalue weighted by molar-refractivity contribution is 7.09. The van der Waals surface area contributed by atoms with Crippen LogP contribution in [0.1, 0.15) is 35.0 Å². The number of nitrogens with zero attached hydrogens (tertiary/aromatic N) is 4. The molecule has 28 heavy (non-hydrogen) atoms. The first-order valence-corrected chi connectivity index (χ1v) is 11.3. The van der Waals surface area contributed by atoms with Gasteiger partial charge in [-0.05, 0) is 24.8 Å². The van der Waals surface area contributed by atoms with Crippen LogP contribution in [0.3, 0.4) is 0 Å². The Bertz CT molecular complexity index is 858. The smallest absolute Gasteiger partial charge is 0.255 e. The summed E-state index contributed by atoms with van der Waals surface area (Å²) in [5.74, 6) is 1.02. The van der Waals surface area contributed by atoms with Crippen LogP contribution in [0.5, 0.6) is 0 Å². The van der Waals surface area contributed by atoms with E-state index in [1.165, 1.54) is 17.1 Å². The Morgan fingerprint density at radius 1 is 1.11 bits per heavy atom. The number of hydrogen-bond donors (Lipinski definition) is 0. The Labute approximate surface area is 169 Å². The van der Waals surface area contributed by atoms with Gasteiger partial charge in [-0.25, -0.2) is 4.98 Å². The van der Waals surface area contributed by atoms with Crippen LogP contribution in [-0.2, 0) is 24.4 Å². The van der Waals surface area contributed by atoms with Crippen LogP contribution >= 0.6 is 11.3 Å². The van der Waals surface area contributed by atoms with Crippen LogP contribution in [-0.4, -0.2) is 58.7 Å². The zero-order valence-corrected chi connectivity index (χ0v) is 17.1. The standard InChI is InChI=1S/C21H28N4O2S/c26-21-17(13-23-5-1-7-27-8-6-23)2-3-19-18-10-16(12-25(19)21)11-24(14-18)15-20-22-4-9-28-20/h2-4,9,16,18H,1,5-8,10-15H2/t16-,18+/m0/s1. The first-order valence-electron chi connectivity index (χ1n) is 10.4. The van der Waals surface area contributed by atoms with Crippen molar-refractivity contribution in [1.29, 1.82) is 0 Å². The normalized spacial score (nSPS) is 26.0. The van der Waals surface area contributed by atoms with E-state index in [0.717, 1.165) is 71.0 Å². The van der Waals surface area contributed by atoms with E-state index in [1.54, 1.807) is 11.3 Å². The van der Waals surface area contributed by atoms with Crippen molar-refractivity contribution < 1.29 is 4.74 Å². The molecule has 0 aliphatic carbocycles. The highest BCUT2D eigenvalue weighted by Crippen LogP contribution is 2.35. The van der Waals surface area contributed by atoms with Gasteiger partial charge >= 0.3 is 0 Å². The number of thiazole rings is 1. The molecular weight excluding hydrogens is 372 g/mol. The fourth-order valence-corrected chi connectivity index (χ4v) is 5.72. The fourth-order valence-electron chi connectivity index (χ4n) is 5.06. The van der Waals surface area contributed by atoms with Gasteiger partial charge in [-0.2, -0.15) is 0 Å². The predicted molar refractivity (Wildman–Crippen MR) is 110 cm³/mol. The number of rotatable bonds is 4. The molecule has 0 saturated carbocycles. The lowest BCUT2D eigenvalue weighted by Gasteiger charge is -2.42. The molecule has 2 atom stereocenters. The molecule has 2 bridgehead atoms. The molecule has 150 valence electrons. The molecule has 2 saturated heterocycles. The van der Waals surface area contributed by atoms with Gasteiger partial charge in [0.05, 0.1) is 13.2 Å². The number of ether oxygens (including phenoxy) is 1. The molecule has 6 nitrogen and oxygen atoms in total. The molecule has 0 amide bonds. The lowest BCUT2D eigenvalue weighted by atomic mass is 9.83. The van der Waals surface area contributed by atoms with Crippen LogP contribution in [0.25, 0.3) is 0 Å². The summed E-state index contributed by atoms with van der Waals surface area (Å²) in [6.07, 6.45) is 4.14. The summed E-state index contributed by atoms with van der Waals surface area (Å²) in [4.78, 5) is 22.6. The zero-order valence-electron chi connectivity index (χ0n) is 16.3. The molecule has 3 aliphatic heterocycles. The van der Waals surface area contributed by atoms with Crippen LogP contribution in [0.15, 0.2) is 28.5 Å². The molecule has 0 unspecified atom stereocenters. The molecule has 2 aromatic rings. The van der Waals surface area contributed by atoms with E-state index >= 15 is 0 Å². The molecule has 2 fully saturated rings. The van der Waals surface area contributed by atoms with Gasteiger partial charge in [-0.3, -0.25) is 14.6 Å². The van der Waals surface area contributed by atoms with E-state index in [4.69, 9.17) is 4.74 Å². The predicted octanol–water partition coefficient (Wildman–Crippen LogP) is 2.15. The SMILES string of the molecule is O=c1c(CN2CCCOCC2)ccc2n1C[C@H]1C[C@@H]2CN(Cc2nccs2)C1. The number of fused-ring (bicyclic) bond motifs is 4. The van der Waals surface area contributed by atoms with Crippen LogP contribution in [0.4, 0.5) is 0 Å². The number of piperidine rings is 1. The quantitative estimate of drug-likeness (QED) is 0.787. The van der Waals surface area contributed by atoms with Gasteiger partial charge in [0.25, 0.3) is 5.56 Å². The van der Waals surface area contributed by atoms with Gasteiger partial charge in [0.1, 0.15) is 5.01 Å². The topological polar surface area (TPSA) is 50.6 Å². The van der Waals surface area contributed by atoms with E-state index in [9.17, 15) is 4.79 Å². The number of aromatic nitrogens is 2. The van der Waals surface area contributed by atoms with E-state index in [-0.39, 0.29) is 5.56 Å². The van der Waals surface area contributed by atoms with E-state index in [0.29, 0.717) is 11.8 Å². The van der Waals surface area contributed by atoms with Gasteiger partial charge in [0, 0.05) is 74.6 Å². The third-order valence-electron chi connectivity index (χ3n) is 6.31. The first kappa shape index (κ1) is 18.5. The van der Waals surface area contributed by atoms with Crippen molar-refractivity contribution >= 4 is 11.3 Å². The maximum Gasteiger partial charge on any atom is 0.255 e. The highest BCUT2D eigenvalue weighted by Gasteiger charge is 2.35. The molecule has 0 spiro atoms. The maximum atomic E-state index is 13.2.